The maximum Gasteiger partial charge on any atom is 0.394 e. The van der Waals surface area contributed by atoms with Crippen molar-refractivity contribution in [1.29, 1.82) is 0 Å². The summed E-state index contributed by atoms with van der Waals surface area (Å²) in [6.07, 6.45) is -6.15. The van der Waals surface area contributed by atoms with E-state index in [0.29, 0.717) is 6.42 Å². The van der Waals surface area contributed by atoms with Gasteiger partial charge in [0, 0.05) is 0 Å². The van der Waals surface area contributed by atoms with Gasteiger partial charge in [-0.25, -0.2) is 4.39 Å². The molecule has 13 heavy (non-hydrogen) atoms. The maximum atomic E-state index is 12.9. The quantitative estimate of drug-likeness (QED) is 0.452. The zero-order chi connectivity index (χ0) is 10.1. The average Bonchev–Trinajstić information content (AvgIpc) is 2.03. The topological polar surface area (TPSA) is 12.4 Å². The Kier molecular flexibility index (Phi) is 2.93. The van der Waals surface area contributed by atoms with Gasteiger partial charge in [-0.05, 0) is 26.0 Å². The molecule has 0 saturated heterocycles. The minimum absolute atomic E-state index is 0.0616. The number of alkyl halides is 4. The molecule has 1 nitrogen and oxygen atoms in total. The highest BCUT2D eigenvalue weighted by molar-refractivity contribution is 5.24. The third-order valence-corrected chi connectivity index (χ3v) is 2.42. The monoisotopic (exact) mass is 197 g/mol. The molecule has 0 spiro atoms. The Morgan fingerprint density at radius 2 is 1.85 bits per heavy atom. The lowest BCUT2D eigenvalue weighted by Gasteiger charge is -2.31. The second-order valence-electron chi connectivity index (χ2n) is 3.31. The maximum absolute atomic E-state index is 12.9. The molecule has 0 aromatic heterocycles. The van der Waals surface area contributed by atoms with Gasteiger partial charge in [-0.1, -0.05) is 0 Å². The normalized spacial score (nSPS) is 35.8. The van der Waals surface area contributed by atoms with Gasteiger partial charge >= 0.3 is 6.18 Å². The summed E-state index contributed by atoms with van der Waals surface area (Å²) in [6.45, 7) is 3.19. The molecule has 0 heterocycles. The van der Waals surface area contributed by atoms with Gasteiger partial charge in [0.05, 0.1) is 12.0 Å². The lowest BCUT2D eigenvalue weighted by Crippen LogP contribution is -2.38. The Morgan fingerprint density at radius 1 is 1.23 bits per heavy atom. The summed E-state index contributed by atoms with van der Waals surface area (Å²) in [5, 5.41) is 0. The highest BCUT2D eigenvalue weighted by Crippen LogP contribution is 2.40. The van der Waals surface area contributed by atoms with E-state index in [1.165, 1.54) is 0 Å². The zero-order valence-electron chi connectivity index (χ0n) is 7.02. The van der Waals surface area contributed by atoms with Gasteiger partial charge in [0.1, 0.15) is 6.17 Å². The van der Waals surface area contributed by atoms with E-state index < -0.39 is 24.3 Å². The van der Waals surface area contributed by atoms with Crippen molar-refractivity contribution in [2.75, 3.05) is 0 Å². The van der Waals surface area contributed by atoms with Crippen LogP contribution in [0.1, 0.15) is 19.3 Å². The number of hydrogen-bond acceptors (Lipinski definition) is 1. The molecule has 1 rings (SSSR count). The molecule has 0 aromatic carbocycles. The first-order valence-electron chi connectivity index (χ1n) is 4.11. The number of aliphatic imine (C=N–C) groups is 1. The van der Waals surface area contributed by atoms with E-state index in [2.05, 4.69) is 11.7 Å². The summed E-state index contributed by atoms with van der Waals surface area (Å²) in [5.74, 6) is -1.85. The molecule has 0 aliphatic heterocycles. The summed E-state index contributed by atoms with van der Waals surface area (Å²) in [6, 6.07) is -0.432. The van der Waals surface area contributed by atoms with Crippen molar-refractivity contribution >= 4 is 6.72 Å². The van der Waals surface area contributed by atoms with Gasteiger partial charge in [-0.15, -0.1) is 0 Å². The third kappa shape index (κ3) is 2.42. The second-order valence-corrected chi connectivity index (χ2v) is 3.31. The van der Waals surface area contributed by atoms with Crippen molar-refractivity contribution in [2.45, 2.75) is 37.7 Å². The third-order valence-electron chi connectivity index (χ3n) is 2.42. The Bertz CT molecular complexity index is 189. The predicted molar refractivity (Wildman–Crippen MR) is 41.6 cm³/mol. The van der Waals surface area contributed by atoms with Crippen LogP contribution in [-0.2, 0) is 0 Å². The van der Waals surface area contributed by atoms with Crippen molar-refractivity contribution in [1.82, 2.24) is 0 Å². The molecule has 0 bridgehead atoms. The Labute approximate surface area is 73.8 Å². The first-order valence-corrected chi connectivity index (χ1v) is 4.11. The van der Waals surface area contributed by atoms with Crippen molar-refractivity contribution in [3.8, 4) is 0 Å². The van der Waals surface area contributed by atoms with E-state index in [1.54, 1.807) is 0 Å². The molecule has 3 unspecified atom stereocenters. The molecule has 3 atom stereocenters. The molecule has 0 radical (unpaired) electrons. The highest BCUT2D eigenvalue weighted by atomic mass is 19.4. The fraction of sp³-hybridized carbons (Fsp3) is 0.875. The standard InChI is InChI=1S/C8H11F4N/c1-13-5-2-3-7(9)6(4-5)8(10,11)12/h5-7H,1-4H2. The van der Waals surface area contributed by atoms with Crippen LogP contribution in [0.5, 0.6) is 0 Å². The van der Waals surface area contributed by atoms with Crippen molar-refractivity contribution < 1.29 is 17.6 Å². The van der Waals surface area contributed by atoms with Crippen LogP contribution < -0.4 is 0 Å². The smallest absolute Gasteiger partial charge is 0.298 e. The van der Waals surface area contributed by atoms with Crippen LogP contribution in [0.3, 0.4) is 0 Å². The number of halogens is 4. The van der Waals surface area contributed by atoms with Crippen LogP contribution in [0, 0.1) is 5.92 Å². The molecule has 1 fully saturated rings. The first kappa shape index (κ1) is 10.5. The summed E-state index contributed by atoms with van der Waals surface area (Å²) in [4.78, 5) is 3.53. The largest absolute Gasteiger partial charge is 0.394 e. The van der Waals surface area contributed by atoms with Crippen LogP contribution in [-0.4, -0.2) is 25.1 Å². The second kappa shape index (κ2) is 3.64. The van der Waals surface area contributed by atoms with E-state index in [9.17, 15) is 17.6 Å². The van der Waals surface area contributed by atoms with E-state index in [1.807, 2.05) is 0 Å². The zero-order valence-corrected chi connectivity index (χ0v) is 7.02. The first-order chi connectivity index (χ1) is 5.95. The molecule has 1 aliphatic rings. The Hall–Kier alpha value is -0.610. The fourth-order valence-electron chi connectivity index (χ4n) is 1.62. The molecule has 1 saturated carbocycles. The van der Waals surface area contributed by atoms with Gasteiger partial charge < -0.3 is 0 Å². The van der Waals surface area contributed by atoms with Crippen LogP contribution in [0.15, 0.2) is 4.99 Å². The van der Waals surface area contributed by atoms with Gasteiger partial charge in [0.25, 0.3) is 0 Å². The molecule has 0 aromatic rings. The molecule has 5 heteroatoms. The molecule has 1 aliphatic carbocycles. The highest BCUT2D eigenvalue weighted by Gasteiger charge is 2.48. The van der Waals surface area contributed by atoms with Crippen LogP contribution in [0.4, 0.5) is 17.6 Å². The minimum Gasteiger partial charge on any atom is -0.298 e. The lowest BCUT2D eigenvalue weighted by molar-refractivity contribution is -0.199. The Balaban J connectivity index is 2.65. The number of nitrogens with zero attached hydrogens (tertiary/aromatic N) is 1. The van der Waals surface area contributed by atoms with E-state index in [4.69, 9.17) is 0 Å². The van der Waals surface area contributed by atoms with Crippen molar-refractivity contribution in [2.24, 2.45) is 10.9 Å². The van der Waals surface area contributed by atoms with E-state index in [-0.39, 0.29) is 12.8 Å². The fourth-order valence-corrected chi connectivity index (χ4v) is 1.62. The lowest BCUT2D eigenvalue weighted by atomic mass is 9.84. The molecular weight excluding hydrogens is 186 g/mol. The van der Waals surface area contributed by atoms with Gasteiger partial charge in [0.2, 0.25) is 0 Å². The summed E-state index contributed by atoms with van der Waals surface area (Å²) in [7, 11) is 0. The van der Waals surface area contributed by atoms with Gasteiger partial charge in [-0.2, -0.15) is 13.2 Å². The van der Waals surface area contributed by atoms with E-state index in [0.717, 1.165) is 0 Å². The minimum atomic E-state index is -4.44. The summed E-state index contributed by atoms with van der Waals surface area (Å²) in [5.41, 5.74) is 0. The van der Waals surface area contributed by atoms with Crippen LogP contribution in [0.25, 0.3) is 0 Å². The number of hydrogen-bond donors (Lipinski definition) is 0. The summed E-state index contributed by atoms with van der Waals surface area (Å²) < 4.78 is 49.5. The molecular formula is C8H11F4N. The SMILES string of the molecule is C=NC1CCC(F)C(C(F)(F)F)C1. The average molecular weight is 197 g/mol. The van der Waals surface area contributed by atoms with Crippen LogP contribution in [0.2, 0.25) is 0 Å². The van der Waals surface area contributed by atoms with E-state index >= 15 is 0 Å². The van der Waals surface area contributed by atoms with Crippen molar-refractivity contribution in [3.63, 3.8) is 0 Å². The number of rotatable bonds is 1. The van der Waals surface area contributed by atoms with Crippen molar-refractivity contribution in [3.05, 3.63) is 0 Å². The van der Waals surface area contributed by atoms with Gasteiger partial charge in [-0.3, -0.25) is 4.99 Å². The van der Waals surface area contributed by atoms with Crippen LogP contribution >= 0.6 is 0 Å². The molecule has 0 amide bonds. The summed E-state index contributed by atoms with van der Waals surface area (Å²) >= 11 is 0. The molecule has 76 valence electrons. The Morgan fingerprint density at radius 3 is 2.31 bits per heavy atom. The van der Waals surface area contributed by atoms with Gasteiger partial charge in [0.15, 0.2) is 0 Å². The molecule has 0 N–H and O–H groups in total. The predicted octanol–water partition coefficient (Wildman–Crippen LogP) is 2.76.